The number of benzene rings is 2. The van der Waals surface area contributed by atoms with Crippen LogP contribution in [0.5, 0.6) is 0 Å². The Balaban J connectivity index is 0.00000112. The number of carboxylic acids is 2. The molecule has 2 atom stereocenters. The Labute approximate surface area is 400 Å². The van der Waals surface area contributed by atoms with Gasteiger partial charge in [-0.15, -0.1) is 0 Å². The molecule has 0 bridgehead atoms. The Morgan fingerprint density at radius 3 is 0.932 bits per heavy atom. The van der Waals surface area contributed by atoms with E-state index in [4.69, 9.17) is 19.7 Å². The van der Waals surface area contributed by atoms with E-state index in [9.17, 15) is 19.8 Å². The summed E-state index contributed by atoms with van der Waals surface area (Å²) in [5, 5.41) is 38.5. The van der Waals surface area contributed by atoms with Crippen molar-refractivity contribution in [3.8, 4) is 0 Å². The maximum absolute atomic E-state index is 10.5. The number of hydrogen-bond acceptors (Lipinski definition) is 8. The number of aliphatic hydroxyl groups excluding tert-OH is 2. The molecule has 0 fully saturated rings. The van der Waals surface area contributed by atoms with Crippen LogP contribution in [0.2, 0.25) is 0 Å². The smallest absolute Gasteiger partial charge is 0.550 e. The second kappa shape index (κ2) is 44.8. The number of ether oxygens (including phenoxy) is 2. The fraction of sp³-hybridized carbons (Fsp3) is 0.720. The third-order valence-corrected chi connectivity index (χ3v) is 10.8. The fourth-order valence-corrected chi connectivity index (χ4v) is 7.28. The molecule has 2 unspecified atom stereocenters. The summed E-state index contributed by atoms with van der Waals surface area (Å²) < 4.78 is 12.4. The van der Waals surface area contributed by atoms with Gasteiger partial charge in [-0.25, -0.2) is 0 Å². The molecule has 0 spiro atoms. The number of aliphatic hydroxyl groups is 2. The van der Waals surface area contributed by atoms with Gasteiger partial charge in [0.15, 0.2) is 0 Å². The van der Waals surface area contributed by atoms with Crippen LogP contribution < -0.4 is 10.2 Å². The van der Waals surface area contributed by atoms with Crippen LogP contribution in [-0.2, 0) is 32.3 Å². The zero-order valence-electron chi connectivity index (χ0n) is 37.0. The van der Waals surface area contributed by atoms with E-state index in [2.05, 4.69) is 24.3 Å². The van der Waals surface area contributed by atoms with Crippen LogP contribution in [-0.4, -0.2) is 96.5 Å². The van der Waals surface area contributed by atoms with Crippen molar-refractivity contribution >= 4 is 60.8 Å². The minimum absolute atomic E-state index is 0. The molecule has 0 heterocycles. The molecule has 0 aliphatic rings. The van der Waals surface area contributed by atoms with Gasteiger partial charge in [-0.3, -0.25) is 0 Å². The summed E-state index contributed by atoms with van der Waals surface area (Å²) in [7, 11) is 0. The summed E-state index contributed by atoms with van der Waals surface area (Å²) >= 11 is 0. The maximum atomic E-state index is 10.5. The van der Waals surface area contributed by atoms with Crippen LogP contribution in [0.1, 0.15) is 204 Å². The average Bonchev–Trinajstić information content (AvgIpc) is 3.23. The molecule has 0 saturated carbocycles. The first-order chi connectivity index (χ1) is 28.4. The van der Waals surface area contributed by atoms with Crippen molar-refractivity contribution in [2.24, 2.45) is 0 Å². The van der Waals surface area contributed by atoms with Gasteiger partial charge in [-0.2, -0.15) is 0 Å². The number of carbonyl (C=O) groups excluding carboxylic acids is 2. The molecule has 0 aliphatic heterocycles. The van der Waals surface area contributed by atoms with E-state index >= 15 is 0 Å². The number of hydrogen-bond donors (Lipinski definition) is 2. The molecule has 0 aliphatic carbocycles. The maximum Gasteiger partial charge on any atom is 2.00 e. The van der Waals surface area contributed by atoms with Gasteiger partial charge >= 0.3 is 48.9 Å². The molecule has 2 N–H and O–H groups in total. The SMILES string of the molecule is O=C([O-])CCCCCCC(CCCCCCCCCCO)OCc1ccccc1.O=C([O-])CCCCCCC(CCCCCCCCCCO)OCc1ccccc1.[Ba+2]. The van der Waals surface area contributed by atoms with E-state index in [1.165, 1.54) is 88.2 Å². The topological polar surface area (TPSA) is 139 Å². The minimum atomic E-state index is -0.942. The summed E-state index contributed by atoms with van der Waals surface area (Å²) in [5.41, 5.74) is 2.43. The van der Waals surface area contributed by atoms with Crippen molar-refractivity contribution < 1.29 is 39.5 Å². The molecule has 332 valence electrons. The fourth-order valence-electron chi connectivity index (χ4n) is 7.28. The van der Waals surface area contributed by atoms with E-state index in [1.807, 2.05) is 36.4 Å². The monoisotopic (exact) mass is 949 g/mol. The van der Waals surface area contributed by atoms with Crippen LogP contribution in [0.4, 0.5) is 0 Å². The van der Waals surface area contributed by atoms with Crippen molar-refractivity contribution in [3.05, 3.63) is 71.8 Å². The summed E-state index contributed by atoms with van der Waals surface area (Å²) in [5.74, 6) is -1.88. The molecule has 8 nitrogen and oxygen atoms in total. The van der Waals surface area contributed by atoms with Gasteiger partial charge in [0.1, 0.15) is 0 Å². The Bertz CT molecular complexity index is 1080. The van der Waals surface area contributed by atoms with E-state index in [-0.39, 0.29) is 61.7 Å². The van der Waals surface area contributed by atoms with Gasteiger partial charge in [0.05, 0.1) is 25.4 Å². The Morgan fingerprint density at radius 2 is 0.661 bits per heavy atom. The van der Waals surface area contributed by atoms with Crippen molar-refractivity contribution in [1.29, 1.82) is 0 Å². The third-order valence-electron chi connectivity index (χ3n) is 10.8. The molecule has 0 radical (unpaired) electrons. The molecule has 0 aromatic heterocycles. The molecule has 2 aromatic carbocycles. The molecule has 59 heavy (non-hydrogen) atoms. The number of carbonyl (C=O) groups is 2. The van der Waals surface area contributed by atoms with Gasteiger partial charge in [0, 0.05) is 25.2 Å². The quantitative estimate of drug-likeness (QED) is 0.0498. The number of rotatable bonds is 40. The van der Waals surface area contributed by atoms with E-state index < -0.39 is 11.9 Å². The number of carboxylic acid groups (broad SMARTS) is 2. The number of unbranched alkanes of at least 4 members (excludes halogenated alkanes) is 20. The Kier molecular flexibility index (Phi) is 43.9. The predicted molar refractivity (Wildman–Crippen MR) is 238 cm³/mol. The van der Waals surface area contributed by atoms with Gasteiger partial charge in [-0.1, -0.05) is 189 Å². The van der Waals surface area contributed by atoms with Crippen LogP contribution in [0.15, 0.2) is 60.7 Å². The van der Waals surface area contributed by atoms with E-state index in [1.54, 1.807) is 0 Å². The molecular weight excluding hydrogens is 866 g/mol. The summed E-state index contributed by atoms with van der Waals surface area (Å²) in [6, 6.07) is 20.7. The molecule has 9 heteroatoms. The zero-order chi connectivity index (χ0) is 42.0. The molecule has 0 saturated heterocycles. The summed E-state index contributed by atoms with van der Waals surface area (Å²) in [6.07, 6.45) is 32.2. The standard InChI is InChI=1S/2C25H42O4.Ba/c2*26-21-15-8-4-2-1-3-5-12-18-24(19-13-6-7-14-20-25(27)28)29-22-23-16-10-9-11-17-23;/h2*9-11,16-17,24,26H,1-8,12-15,18-22H2,(H,27,28);/q;;+2/p-2. The molecule has 2 aromatic rings. The van der Waals surface area contributed by atoms with Crippen molar-refractivity contribution in [1.82, 2.24) is 0 Å². The second-order valence-electron chi connectivity index (χ2n) is 16.2. The zero-order valence-corrected chi connectivity index (χ0v) is 41.5. The van der Waals surface area contributed by atoms with Gasteiger partial charge in [-0.05, 0) is 75.3 Å². The first kappa shape index (κ1) is 57.8. The molecule has 2 rings (SSSR count). The molecule has 0 amide bonds. The van der Waals surface area contributed by atoms with Crippen LogP contribution >= 0.6 is 0 Å². The minimum Gasteiger partial charge on any atom is -0.550 e. The van der Waals surface area contributed by atoms with Crippen molar-refractivity contribution in [3.63, 3.8) is 0 Å². The largest absolute Gasteiger partial charge is 2.00 e. The average molecular weight is 949 g/mol. The van der Waals surface area contributed by atoms with E-state index in [0.29, 0.717) is 38.6 Å². The van der Waals surface area contributed by atoms with Gasteiger partial charge < -0.3 is 39.5 Å². The van der Waals surface area contributed by atoms with Crippen LogP contribution in [0, 0.1) is 0 Å². The first-order valence-electron chi connectivity index (χ1n) is 23.4. The Morgan fingerprint density at radius 1 is 0.407 bits per heavy atom. The normalized spacial score (nSPS) is 12.0. The van der Waals surface area contributed by atoms with Crippen molar-refractivity contribution in [2.45, 2.75) is 218 Å². The summed E-state index contributed by atoms with van der Waals surface area (Å²) in [4.78, 5) is 21.0. The Hall–Kier alpha value is -1.21. The van der Waals surface area contributed by atoms with E-state index in [0.717, 1.165) is 103 Å². The van der Waals surface area contributed by atoms with Crippen molar-refractivity contribution in [2.75, 3.05) is 13.2 Å². The van der Waals surface area contributed by atoms with Crippen LogP contribution in [0.3, 0.4) is 0 Å². The second-order valence-corrected chi connectivity index (χ2v) is 16.2. The first-order valence-corrected chi connectivity index (χ1v) is 23.4. The molecular formula is C50H82BaO8. The van der Waals surface area contributed by atoms with Gasteiger partial charge in [0.2, 0.25) is 0 Å². The number of aliphatic carboxylic acids is 2. The van der Waals surface area contributed by atoms with Crippen LogP contribution in [0.25, 0.3) is 0 Å². The van der Waals surface area contributed by atoms with Gasteiger partial charge in [0.25, 0.3) is 0 Å². The summed E-state index contributed by atoms with van der Waals surface area (Å²) in [6.45, 7) is 1.98. The third kappa shape index (κ3) is 40.6. The predicted octanol–water partition coefficient (Wildman–Crippen LogP) is 9.95.